The smallest absolute Gasteiger partial charge is 0.265 e. The molecule has 8 heteroatoms. The van der Waals surface area contributed by atoms with Crippen LogP contribution in [-0.4, -0.2) is 21.4 Å². The lowest BCUT2D eigenvalue weighted by Gasteiger charge is -2.18. The molecule has 0 aliphatic heterocycles. The summed E-state index contributed by atoms with van der Waals surface area (Å²) in [6.07, 6.45) is 0.305. The minimum absolute atomic E-state index is 0.0986. The third-order valence-corrected chi connectivity index (χ3v) is 5.26. The molecule has 0 saturated carbocycles. The number of hydrogen-bond acceptors (Lipinski definition) is 4. The van der Waals surface area contributed by atoms with Crippen LogP contribution in [0.15, 0.2) is 47.4 Å². The Morgan fingerprint density at radius 1 is 1.15 bits per heavy atom. The Morgan fingerprint density at radius 3 is 2.41 bits per heavy atom. The molecule has 146 valence electrons. The zero-order chi connectivity index (χ0) is 20.2. The number of anilines is 2. The lowest BCUT2D eigenvalue weighted by atomic mass is 9.92. The number of para-hydroxylation sites is 1. The fourth-order valence-electron chi connectivity index (χ4n) is 2.40. The van der Waals surface area contributed by atoms with Gasteiger partial charge in [0.1, 0.15) is 10.6 Å². The highest BCUT2D eigenvalue weighted by Gasteiger charge is 2.22. The van der Waals surface area contributed by atoms with Crippen molar-refractivity contribution in [2.75, 3.05) is 17.1 Å². The second-order valence-electron chi connectivity index (χ2n) is 7.24. The summed E-state index contributed by atoms with van der Waals surface area (Å²) in [5.74, 6) is -0.0431. The van der Waals surface area contributed by atoms with Crippen molar-refractivity contribution in [3.63, 3.8) is 0 Å². The van der Waals surface area contributed by atoms with Crippen LogP contribution in [-0.2, 0) is 14.8 Å². The first kappa shape index (κ1) is 21.1. The molecule has 0 aliphatic rings. The fraction of sp³-hybridized carbons (Fsp3) is 0.316. The first-order valence-electron chi connectivity index (χ1n) is 8.27. The Kier molecular flexibility index (Phi) is 6.38. The van der Waals surface area contributed by atoms with Gasteiger partial charge in [0.05, 0.1) is 17.8 Å². The molecule has 0 unspecified atom stereocenters. The third kappa shape index (κ3) is 5.87. The first-order valence-corrected chi connectivity index (χ1v) is 10.1. The van der Waals surface area contributed by atoms with Gasteiger partial charge in [0.25, 0.3) is 10.0 Å². The highest BCUT2D eigenvalue weighted by Crippen LogP contribution is 2.31. The van der Waals surface area contributed by atoms with Crippen molar-refractivity contribution in [2.45, 2.75) is 32.1 Å². The van der Waals surface area contributed by atoms with Crippen LogP contribution in [0.2, 0.25) is 5.02 Å². The maximum Gasteiger partial charge on any atom is 0.265 e. The highest BCUT2D eigenvalue weighted by molar-refractivity contribution is 7.92. The largest absolute Gasteiger partial charge is 0.495 e. The van der Waals surface area contributed by atoms with E-state index in [9.17, 15) is 13.2 Å². The molecule has 0 fully saturated rings. The van der Waals surface area contributed by atoms with Gasteiger partial charge in [-0.2, -0.15) is 0 Å². The standard InChI is InChI=1S/C19H23ClN2O4S/c1-19(2,3)12-18(23)21-13-9-10-16(26-4)17(11-13)27(24,25)22-15-8-6-5-7-14(15)20/h5-11,22H,12H2,1-4H3,(H,21,23). The summed E-state index contributed by atoms with van der Waals surface area (Å²) >= 11 is 6.04. The molecule has 0 saturated heterocycles. The van der Waals surface area contributed by atoms with E-state index in [4.69, 9.17) is 16.3 Å². The molecule has 0 aliphatic carbocycles. The molecule has 6 nitrogen and oxygen atoms in total. The van der Waals surface area contributed by atoms with E-state index < -0.39 is 10.0 Å². The number of benzene rings is 2. The van der Waals surface area contributed by atoms with Crippen molar-refractivity contribution >= 4 is 38.9 Å². The molecule has 2 N–H and O–H groups in total. The number of nitrogens with one attached hydrogen (secondary N) is 2. The predicted molar refractivity (Wildman–Crippen MR) is 108 cm³/mol. The summed E-state index contributed by atoms with van der Waals surface area (Å²) in [5.41, 5.74) is 0.435. The Labute approximate surface area is 164 Å². The number of ether oxygens (including phenoxy) is 1. The minimum Gasteiger partial charge on any atom is -0.495 e. The SMILES string of the molecule is COc1ccc(NC(=O)CC(C)(C)C)cc1S(=O)(=O)Nc1ccccc1Cl. The van der Waals surface area contributed by atoms with Crippen molar-refractivity contribution in [3.05, 3.63) is 47.5 Å². The fourth-order valence-corrected chi connectivity index (χ4v) is 3.91. The Bertz CT molecular complexity index is 937. The Hall–Kier alpha value is -2.25. The number of hydrogen-bond donors (Lipinski definition) is 2. The second kappa shape index (κ2) is 8.19. The van der Waals surface area contributed by atoms with Crippen molar-refractivity contribution in [1.29, 1.82) is 0 Å². The van der Waals surface area contributed by atoms with Gasteiger partial charge >= 0.3 is 0 Å². The van der Waals surface area contributed by atoms with E-state index in [1.54, 1.807) is 30.3 Å². The third-order valence-electron chi connectivity index (χ3n) is 3.55. The van der Waals surface area contributed by atoms with Crippen molar-refractivity contribution in [3.8, 4) is 5.75 Å². The Morgan fingerprint density at radius 2 is 1.81 bits per heavy atom. The van der Waals surface area contributed by atoms with Gasteiger partial charge in [0.15, 0.2) is 0 Å². The van der Waals surface area contributed by atoms with E-state index >= 15 is 0 Å². The van der Waals surface area contributed by atoms with Crippen molar-refractivity contribution in [1.82, 2.24) is 0 Å². The maximum absolute atomic E-state index is 12.8. The summed E-state index contributed by atoms with van der Waals surface area (Å²) in [6, 6.07) is 11.0. The van der Waals surface area contributed by atoms with E-state index in [2.05, 4.69) is 10.0 Å². The molecule has 0 heterocycles. The van der Waals surface area contributed by atoms with E-state index in [0.717, 1.165) is 0 Å². The zero-order valence-corrected chi connectivity index (χ0v) is 17.2. The lowest BCUT2D eigenvalue weighted by molar-refractivity contribution is -0.117. The van der Waals surface area contributed by atoms with Crippen LogP contribution in [0.25, 0.3) is 0 Å². The van der Waals surface area contributed by atoms with Crippen LogP contribution < -0.4 is 14.8 Å². The normalized spacial score (nSPS) is 11.7. The molecule has 0 bridgehead atoms. The maximum atomic E-state index is 12.8. The molecule has 0 atom stereocenters. The van der Waals surface area contributed by atoms with Crippen LogP contribution in [0.1, 0.15) is 27.2 Å². The zero-order valence-electron chi connectivity index (χ0n) is 15.7. The van der Waals surface area contributed by atoms with Crippen molar-refractivity contribution in [2.24, 2.45) is 5.41 Å². The molecular formula is C19H23ClN2O4S. The predicted octanol–water partition coefficient (Wildman–Crippen LogP) is 4.52. The lowest BCUT2D eigenvalue weighted by Crippen LogP contribution is -2.20. The number of sulfonamides is 1. The van der Waals surface area contributed by atoms with Crippen LogP contribution in [0.5, 0.6) is 5.75 Å². The molecule has 1 amide bonds. The molecular weight excluding hydrogens is 388 g/mol. The van der Waals surface area contributed by atoms with Gasteiger partial charge in [-0.05, 0) is 35.7 Å². The highest BCUT2D eigenvalue weighted by atomic mass is 35.5. The van der Waals surface area contributed by atoms with Gasteiger partial charge in [-0.15, -0.1) is 0 Å². The van der Waals surface area contributed by atoms with Crippen molar-refractivity contribution < 1.29 is 17.9 Å². The molecule has 2 aromatic rings. The summed E-state index contributed by atoms with van der Waals surface area (Å²) in [6.45, 7) is 5.85. The number of carbonyl (C=O) groups excluding carboxylic acids is 1. The van der Waals surface area contributed by atoms with E-state index in [1.165, 1.54) is 19.2 Å². The second-order valence-corrected chi connectivity index (χ2v) is 9.29. The number of carbonyl (C=O) groups is 1. The Balaban J connectivity index is 2.34. The van der Waals surface area contributed by atoms with Crippen LogP contribution in [0.4, 0.5) is 11.4 Å². The first-order chi connectivity index (χ1) is 12.5. The molecule has 0 spiro atoms. The number of methoxy groups -OCH3 is 1. The van der Waals surface area contributed by atoms with Crippen LogP contribution >= 0.6 is 11.6 Å². The molecule has 0 radical (unpaired) electrons. The van der Waals surface area contributed by atoms with E-state index in [0.29, 0.717) is 12.1 Å². The number of rotatable bonds is 6. The average molecular weight is 411 g/mol. The quantitative estimate of drug-likeness (QED) is 0.732. The number of amides is 1. The topological polar surface area (TPSA) is 84.5 Å². The summed E-state index contributed by atoms with van der Waals surface area (Å²) in [5, 5.41) is 3.00. The van der Waals surface area contributed by atoms with E-state index in [-0.39, 0.29) is 32.7 Å². The van der Waals surface area contributed by atoms with Crippen LogP contribution in [0.3, 0.4) is 0 Å². The van der Waals surface area contributed by atoms with Gasteiger partial charge in [-0.1, -0.05) is 44.5 Å². The molecule has 2 rings (SSSR count). The summed E-state index contributed by atoms with van der Waals surface area (Å²) in [7, 11) is -2.61. The monoisotopic (exact) mass is 410 g/mol. The summed E-state index contributed by atoms with van der Waals surface area (Å²) < 4.78 is 33.3. The molecule has 27 heavy (non-hydrogen) atoms. The molecule has 2 aromatic carbocycles. The average Bonchev–Trinajstić information content (AvgIpc) is 2.55. The van der Waals surface area contributed by atoms with Gasteiger partial charge in [-0.25, -0.2) is 8.42 Å². The minimum atomic E-state index is -3.98. The van der Waals surface area contributed by atoms with Gasteiger partial charge < -0.3 is 10.1 Å². The summed E-state index contributed by atoms with van der Waals surface area (Å²) in [4.78, 5) is 12.1. The van der Waals surface area contributed by atoms with Gasteiger partial charge in [0.2, 0.25) is 5.91 Å². The molecule has 0 aromatic heterocycles. The number of halogens is 1. The van der Waals surface area contributed by atoms with Gasteiger partial charge in [0, 0.05) is 12.1 Å². The van der Waals surface area contributed by atoms with E-state index in [1.807, 2.05) is 20.8 Å². The van der Waals surface area contributed by atoms with Crippen LogP contribution in [0, 0.1) is 5.41 Å². The van der Waals surface area contributed by atoms with Gasteiger partial charge in [-0.3, -0.25) is 9.52 Å².